The summed E-state index contributed by atoms with van der Waals surface area (Å²) < 4.78 is 31.4. The number of carbonyl (C=O) groups excluding carboxylic acids is 2. The molecule has 0 atom stereocenters. The highest BCUT2D eigenvalue weighted by molar-refractivity contribution is 6.05. The SMILES string of the molecule is COc1ccccc1CNC(=O)c1ccc(C(=O)Nc2ccc(F)c(F)c2)cc1. The summed E-state index contributed by atoms with van der Waals surface area (Å²) in [6, 6.07) is 16.4. The maximum atomic E-state index is 13.2. The van der Waals surface area contributed by atoms with Crippen molar-refractivity contribution in [2.75, 3.05) is 12.4 Å². The zero-order chi connectivity index (χ0) is 20.8. The summed E-state index contributed by atoms with van der Waals surface area (Å²) in [5.74, 6) is -2.17. The number of hydrogen-bond acceptors (Lipinski definition) is 3. The zero-order valence-electron chi connectivity index (χ0n) is 15.5. The van der Waals surface area contributed by atoms with Crippen molar-refractivity contribution in [3.8, 4) is 5.75 Å². The van der Waals surface area contributed by atoms with Crippen LogP contribution < -0.4 is 15.4 Å². The van der Waals surface area contributed by atoms with Crippen molar-refractivity contribution in [2.24, 2.45) is 0 Å². The zero-order valence-corrected chi connectivity index (χ0v) is 15.5. The van der Waals surface area contributed by atoms with Crippen LogP contribution in [0.5, 0.6) is 5.75 Å². The van der Waals surface area contributed by atoms with Crippen LogP contribution in [0, 0.1) is 11.6 Å². The molecule has 0 bridgehead atoms. The van der Waals surface area contributed by atoms with E-state index >= 15 is 0 Å². The third-order valence-electron chi connectivity index (χ3n) is 4.22. The number of hydrogen-bond donors (Lipinski definition) is 2. The van der Waals surface area contributed by atoms with E-state index in [-0.39, 0.29) is 17.2 Å². The van der Waals surface area contributed by atoms with Gasteiger partial charge in [-0.25, -0.2) is 8.78 Å². The van der Waals surface area contributed by atoms with Gasteiger partial charge in [0.1, 0.15) is 5.75 Å². The first-order valence-corrected chi connectivity index (χ1v) is 8.74. The second kappa shape index (κ2) is 8.97. The average Bonchev–Trinajstić information content (AvgIpc) is 2.75. The maximum Gasteiger partial charge on any atom is 0.255 e. The minimum absolute atomic E-state index is 0.132. The Labute approximate surface area is 166 Å². The van der Waals surface area contributed by atoms with E-state index in [9.17, 15) is 18.4 Å². The molecule has 148 valence electrons. The lowest BCUT2D eigenvalue weighted by Gasteiger charge is -2.10. The van der Waals surface area contributed by atoms with Gasteiger partial charge < -0.3 is 15.4 Å². The molecular weight excluding hydrogens is 378 g/mol. The molecule has 5 nitrogen and oxygen atoms in total. The van der Waals surface area contributed by atoms with Crippen LogP contribution in [-0.2, 0) is 6.54 Å². The quantitative estimate of drug-likeness (QED) is 0.658. The fraction of sp³-hybridized carbons (Fsp3) is 0.0909. The second-order valence-electron chi connectivity index (χ2n) is 6.15. The van der Waals surface area contributed by atoms with Crippen LogP contribution >= 0.6 is 0 Å². The lowest BCUT2D eigenvalue weighted by molar-refractivity contribution is 0.0949. The smallest absolute Gasteiger partial charge is 0.255 e. The monoisotopic (exact) mass is 396 g/mol. The summed E-state index contributed by atoms with van der Waals surface area (Å²) in [5, 5.41) is 5.27. The molecule has 0 unspecified atom stereocenters. The maximum absolute atomic E-state index is 13.2. The number of ether oxygens (including phenoxy) is 1. The minimum atomic E-state index is -1.05. The summed E-state index contributed by atoms with van der Waals surface area (Å²) in [6.45, 7) is 0.293. The molecule has 0 aliphatic rings. The van der Waals surface area contributed by atoms with E-state index in [0.717, 1.165) is 17.7 Å². The molecule has 0 spiro atoms. The number of para-hydroxylation sites is 1. The Balaban J connectivity index is 1.62. The van der Waals surface area contributed by atoms with Crippen molar-refractivity contribution >= 4 is 17.5 Å². The van der Waals surface area contributed by atoms with Gasteiger partial charge in [0.25, 0.3) is 11.8 Å². The molecule has 0 fully saturated rings. The highest BCUT2D eigenvalue weighted by Crippen LogP contribution is 2.17. The van der Waals surface area contributed by atoms with Crippen LogP contribution in [0.15, 0.2) is 66.7 Å². The van der Waals surface area contributed by atoms with Crippen LogP contribution in [0.2, 0.25) is 0 Å². The van der Waals surface area contributed by atoms with Gasteiger partial charge in [-0.15, -0.1) is 0 Å². The molecule has 3 aromatic rings. The first-order chi connectivity index (χ1) is 14.0. The van der Waals surface area contributed by atoms with Crippen molar-refractivity contribution in [2.45, 2.75) is 6.54 Å². The van der Waals surface area contributed by atoms with Gasteiger partial charge in [-0.2, -0.15) is 0 Å². The Bertz CT molecular complexity index is 1040. The Morgan fingerprint density at radius 3 is 2.17 bits per heavy atom. The molecule has 2 N–H and O–H groups in total. The van der Waals surface area contributed by atoms with E-state index in [0.29, 0.717) is 17.9 Å². The van der Waals surface area contributed by atoms with E-state index in [4.69, 9.17) is 4.74 Å². The van der Waals surface area contributed by atoms with Gasteiger partial charge >= 0.3 is 0 Å². The Morgan fingerprint density at radius 2 is 1.52 bits per heavy atom. The van der Waals surface area contributed by atoms with Gasteiger partial charge in [0.15, 0.2) is 11.6 Å². The van der Waals surface area contributed by atoms with Gasteiger partial charge in [0, 0.05) is 35.0 Å². The minimum Gasteiger partial charge on any atom is -0.496 e. The molecule has 2 amide bonds. The van der Waals surface area contributed by atoms with E-state index in [1.165, 1.54) is 30.3 Å². The van der Waals surface area contributed by atoms with E-state index in [1.807, 2.05) is 24.3 Å². The number of anilines is 1. The van der Waals surface area contributed by atoms with Crippen LogP contribution in [0.4, 0.5) is 14.5 Å². The third kappa shape index (κ3) is 4.95. The van der Waals surface area contributed by atoms with E-state index in [1.54, 1.807) is 7.11 Å². The molecule has 0 aliphatic carbocycles. The fourth-order valence-electron chi connectivity index (χ4n) is 2.68. The van der Waals surface area contributed by atoms with Gasteiger partial charge in [0.2, 0.25) is 0 Å². The Hall–Kier alpha value is -3.74. The summed E-state index contributed by atoms with van der Waals surface area (Å²) in [6.07, 6.45) is 0. The molecule has 0 aromatic heterocycles. The highest BCUT2D eigenvalue weighted by atomic mass is 19.2. The van der Waals surface area contributed by atoms with Gasteiger partial charge in [-0.3, -0.25) is 9.59 Å². The first-order valence-electron chi connectivity index (χ1n) is 8.74. The molecule has 0 heterocycles. The summed E-state index contributed by atoms with van der Waals surface area (Å²) in [4.78, 5) is 24.6. The summed E-state index contributed by atoms with van der Waals surface area (Å²) in [5.41, 5.74) is 1.62. The van der Waals surface area contributed by atoms with Gasteiger partial charge in [-0.05, 0) is 42.5 Å². The standard InChI is InChI=1S/C22H18F2N2O3/c1-29-20-5-3-2-4-16(20)13-25-21(27)14-6-8-15(9-7-14)22(28)26-17-10-11-18(23)19(24)12-17/h2-12H,13H2,1H3,(H,25,27)(H,26,28). The van der Waals surface area contributed by atoms with Crippen LogP contribution in [0.3, 0.4) is 0 Å². The van der Waals surface area contributed by atoms with Crippen molar-refractivity contribution in [3.05, 3.63) is 95.1 Å². The molecule has 29 heavy (non-hydrogen) atoms. The predicted octanol–water partition coefficient (Wildman–Crippen LogP) is 4.16. The Kier molecular flexibility index (Phi) is 6.19. The molecule has 0 saturated carbocycles. The fourth-order valence-corrected chi connectivity index (χ4v) is 2.68. The number of benzene rings is 3. The molecule has 7 heteroatoms. The largest absolute Gasteiger partial charge is 0.496 e. The van der Waals surface area contributed by atoms with Crippen LogP contribution in [-0.4, -0.2) is 18.9 Å². The average molecular weight is 396 g/mol. The topological polar surface area (TPSA) is 67.4 Å². The molecule has 3 aromatic carbocycles. The van der Waals surface area contributed by atoms with E-state index < -0.39 is 17.5 Å². The predicted molar refractivity (Wildman–Crippen MR) is 105 cm³/mol. The van der Waals surface area contributed by atoms with Crippen molar-refractivity contribution in [3.63, 3.8) is 0 Å². The summed E-state index contributed by atoms with van der Waals surface area (Å²) >= 11 is 0. The number of nitrogens with one attached hydrogen (secondary N) is 2. The summed E-state index contributed by atoms with van der Waals surface area (Å²) in [7, 11) is 1.56. The number of halogens is 2. The number of amides is 2. The third-order valence-corrected chi connectivity index (χ3v) is 4.22. The number of rotatable bonds is 6. The Morgan fingerprint density at radius 1 is 0.862 bits per heavy atom. The van der Waals surface area contributed by atoms with Crippen molar-refractivity contribution in [1.29, 1.82) is 0 Å². The van der Waals surface area contributed by atoms with E-state index in [2.05, 4.69) is 10.6 Å². The van der Waals surface area contributed by atoms with Gasteiger partial charge in [-0.1, -0.05) is 18.2 Å². The van der Waals surface area contributed by atoms with Crippen LogP contribution in [0.25, 0.3) is 0 Å². The number of carbonyl (C=O) groups is 2. The molecule has 0 radical (unpaired) electrons. The lowest BCUT2D eigenvalue weighted by atomic mass is 10.1. The normalized spacial score (nSPS) is 10.3. The highest BCUT2D eigenvalue weighted by Gasteiger charge is 2.11. The molecule has 0 saturated heterocycles. The molecule has 0 aliphatic heterocycles. The lowest BCUT2D eigenvalue weighted by Crippen LogP contribution is -2.23. The second-order valence-corrected chi connectivity index (χ2v) is 6.15. The molecule has 3 rings (SSSR count). The van der Waals surface area contributed by atoms with Crippen molar-refractivity contribution < 1.29 is 23.1 Å². The van der Waals surface area contributed by atoms with Crippen molar-refractivity contribution in [1.82, 2.24) is 5.32 Å². The first kappa shape index (κ1) is 20.0. The van der Waals surface area contributed by atoms with Gasteiger partial charge in [0.05, 0.1) is 7.11 Å². The van der Waals surface area contributed by atoms with Crippen LogP contribution in [0.1, 0.15) is 26.3 Å². The number of methoxy groups -OCH3 is 1. The molecular formula is C22H18F2N2O3.